The fourth-order valence-electron chi connectivity index (χ4n) is 2.52. The molecule has 0 atom stereocenters. The first kappa shape index (κ1) is 16.7. The van der Waals surface area contributed by atoms with Crippen molar-refractivity contribution in [3.63, 3.8) is 0 Å². The van der Waals surface area contributed by atoms with E-state index in [0.717, 1.165) is 22.3 Å². The van der Waals surface area contributed by atoms with Crippen LogP contribution in [0, 0.1) is 0 Å². The van der Waals surface area contributed by atoms with Gasteiger partial charge in [-0.25, -0.2) is 5.48 Å². The maximum absolute atomic E-state index is 12.1. The summed E-state index contributed by atoms with van der Waals surface area (Å²) in [5.41, 5.74) is 3.81. The first-order valence-corrected chi connectivity index (χ1v) is 7.97. The van der Waals surface area contributed by atoms with Crippen LogP contribution in [-0.2, 0) is 4.79 Å². The van der Waals surface area contributed by atoms with E-state index in [9.17, 15) is 9.59 Å². The smallest absolute Gasteiger partial charge is 0.251 e. The Balaban J connectivity index is 1.61. The van der Waals surface area contributed by atoms with Gasteiger partial charge in [0.15, 0.2) is 0 Å². The number of carbonyl (C=O) groups is 2. The number of furan rings is 1. The molecule has 0 aliphatic heterocycles. The van der Waals surface area contributed by atoms with Gasteiger partial charge in [0.1, 0.15) is 11.3 Å². The van der Waals surface area contributed by atoms with Crippen molar-refractivity contribution in [2.24, 2.45) is 0 Å². The molecule has 128 valence electrons. The predicted octanol–water partition coefficient (Wildman–Crippen LogP) is 3.12. The van der Waals surface area contributed by atoms with Crippen molar-refractivity contribution in [3.05, 3.63) is 60.2 Å². The normalized spacial score (nSPS) is 10.6. The van der Waals surface area contributed by atoms with Gasteiger partial charge in [-0.15, -0.1) is 0 Å². The summed E-state index contributed by atoms with van der Waals surface area (Å²) in [6, 6.07) is 16.9. The van der Waals surface area contributed by atoms with E-state index in [0.29, 0.717) is 18.5 Å². The highest BCUT2D eigenvalue weighted by molar-refractivity contribution is 5.94. The number of carbonyl (C=O) groups excluding carboxylic acids is 2. The maximum atomic E-state index is 12.1. The lowest BCUT2D eigenvalue weighted by Gasteiger charge is -2.05. The number of para-hydroxylation sites is 1. The van der Waals surface area contributed by atoms with Crippen molar-refractivity contribution >= 4 is 22.8 Å². The second-order valence-electron chi connectivity index (χ2n) is 5.62. The molecule has 2 aromatic carbocycles. The molecule has 3 N–H and O–H groups in total. The van der Waals surface area contributed by atoms with Crippen molar-refractivity contribution in [2.45, 2.75) is 12.8 Å². The van der Waals surface area contributed by atoms with Crippen LogP contribution in [0.15, 0.2) is 59.0 Å². The van der Waals surface area contributed by atoms with Crippen LogP contribution in [0.5, 0.6) is 0 Å². The third kappa shape index (κ3) is 4.05. The summed E-state index contributed by atoms with van der Waals surface area (Å²) >= 11 is 0. The zero-order valence-electron chi connectivity index (χ0n) is 13.5. The third-order valence-electron chi connectivity index (χ3n) is 3.85. The lowest BCUT2D eigenvalue weighted by molar-refractivity contribution is -0.129. The van der Waals surface area contributed by atoms with E-state index < -0.39 is 5.91 Å². The topological polar surface area (TPSA) is 91.6 Å². The molecule has 1 aromatic heterocycles. The van der Waals surface area contributed by atoms with Gasteiger partial charge >= 0.3 is 0 Å². The van der Waals surface area contributed by atoms with E-state index in [1.807, 2.05) is 42.5 Å². The second kappa shape index (κ2) is 7.63. The van der Waals surface area contributed by atoms with E-state index in [1.165, 1.54) is 0 Å². The monoisotopic (exact) mass is 338 g/mol. The Morgan fingerprint density at radius 3 is 2.52 bits per heavy atom. The minimum Gasteiger partial charge on any atom is -0.456 e. The number of hydroxylamine groups is 1. The standard InChI is InChI=1S/C19H18N2O4/c22-18(21-24)6-3-11-20-19(23)14-9-7-13(8-10-14)17-12-15-4-1-2-5-16(15)25-17/h1-2,4-5,7-10,12,24H,3,6,11H2,(H,20,23)(H,21,22). The van der Waals surface area contributed by atoms with Gasteiger partial charge in [-0.05, 0) is 30.7 Å². The van der Waals surface area contributed by atoms with Gasteiger partial charge in [-0.2, -0.15) is 0 Å². The molecule has 0 spiro atoms. The average Bonchev–Trinajstić information content (AvgIpc) is 3.09. The number of rotatable bonds is 6. The molecule has 0 saturated carbocycles. The summed E-state index contributed by atoms with van der Waals surface area (Å²) in [4.78, 5) is 22.9. The molecule has 0 saturated heterocycles. The lowest BCUT2D eigenvalue weighted by atomic mass is 10.1. The van der Waals surface area contributed by atoms with Gasteiger partial charge in [0.25, 0.3) is 5.91 Å². The van der Waals surface area contributed by atoms with E-state index in [1.54, 1.807) is 17.6 Å². The average molecular weight is 338 g/mol. The highest BCUT2D eigenvalue weighted by atomic mass is 16.5. The largest absolute Gasteiger partial charge is 0.456 e. The second-order valence-corrected chi connectivity index (χ2v) is 5.62. The van der Waals surface area contributed by atoms with Crippen LogP contribution in [0.25, 0.3) is 22.3 Å². The summed E-state index contributed by atoms with van der Waals surface area (Å²) in [5, 5.41) is 12.2. The Labute approximate surface area is 144 Å². The fourth-order valence-corrected chi connectivity index (χ4v) is 2.52. The Morgan fingerprint density at radius 2 is 1.80 bits per heavy atom. The Bertz CT molecular complexity index is 851. The molecular formula is C19H18N2O4. The van der Waals surface area contributed by atoms with Crippen LogP contribution in [-0.4, -0.2) is 23.6 Å². The molecule has 1 heterocycles. The molecular weight excluding hydrogens is 320 g/mol. The van der Waals surface area contributed by atoms with Gasteiger partial charge in [-0.3, -0.25) is 14.8 Å². The van der Waals surface area contributed by atoms with E-state index in [2.05, 4.69) is 5.32 Å². The van der Waals surface area contributed by atoms with Crippen LogP contribution in [0.3, 0.4) is 0 Å². The van der Waals surface area contributed by atoms with Gasteiger partial charge < -0.3 is 9.73 Å². The zero-order chi connectivity index (χ0) is 17.6. The Morgan fingerprint density at radius 1 is 1.04 bits per heavy atom. The minimum atomic E-state index is -0.468. The van der Waals surface area contributed by atoms with Crippen molar-refractivity contribution in [3.8, 4) is 11.3 Å². The summed E-state index contributed by atoms with van der Waals surface area (Å²) in [6.07, 6.45) is 0.608. The first-order valence-electron chi connectivity index (χ1n) is 7.97. The molecule has 3 aromatic rings. The number of benzene rings is 2. The quantitative estimate of drug-likeness (QED) is 0.366. The summed E-state index contributed by atoms with van der Waals surface area (Å²) in [7, 11) is 0. The van der Waals surface area contributed by atoms with Crippen molar-refractivity contribution in [2.75, 3.05) is 6.54 Å². The van der Waals surface area contributed by atoms with Gasteiger partial charge in [-0.1, -0.05) is 30.3 Å². The molecule has 0 bridgehead atoms. The molecule has 0 aliphatic carbocycles. The zero-order valence-corrected chi connectivity index (χ0v) is 13.5. The van der Waals surface area contributed by atoms with Crippen LogP contribution in [0.2, 0.25) is 0 Å². The summed E-state index contributed by atoms with van der Waals surface area (Å²) in [6.45, 7) is 0.359. The van der Waals surface area contributed by atoms with Crippen LogP contribution >= 0.6 is 0 Å². The third-order valence-corrected chi connectivity index (χ3v) is 3.85. The first-order chi connectivity index (χ1) is 12.2. The molecule has 0 unspecified atom stereocenters. The van der Waals surface area contributed by atoms with Crippen LogP contribution in [0.4, 0.5) is 0 Å². The minimum absolute atomic E-state index is 0.155. The van der Waals surface area contributed by atoms with Gasteiger partial charge in [0.2, 0.25) is 5.91 Å². The molecule has 2 amide bonds. The number of fused-ring (bicyclic) bond motifs is 1. The van der Waals surface area contributed by atoms with Gasteiger partial charge in [0.05, 0.1) is 0 Å². The lowest BCUT2D eigenvalue weighted by Crippen LogP contribution is -2.26. The van der Waals surface area contributed by atoms with Crippen LogP contribution in [0.1, 0.15) is 23.2 Å². The highest BCUT2D eigenvalue weighted by Gasteiger charge is 2.09. The molecule has 0 fully saturated rings. The van der Waals surface area contributed by atoms with Crippen molar-refractivity contribution in [1.29, 1.82) is 0 Å². The van der Waals surface area contributed by atoms with Crippen molar-refractivity contribution < 1.29 is 19.2 Å². The van der Waals surface area contributed by atoms with E-state index in [-0.39, 0.29) is 12.3 Å². The molecule has 3 rings (SSSR count). The fraction of sp³-hybridized carbons (Fsp3) is 0.158. The Kier molecular flexibility index (Phi) is 5.11. The molecule has 0 radical (unpaired) electrons. The molecule has 0 aliphatic rings. The predicted molar refractivity (Wildman–Crippen MR) is 93.1 cm³/mol. The van der Waals surface area contributed by atoms with Gasteiger partial charge in [0, 0.05) is 29.5 Å². The number of amides is 2. The molecule has 6 nitrogen and oxygen atoms in total. The Hall–Kier alpha value is -3.12. The molecule has 6 heteroatoms. The summed E-state index contributed by atoms with van der Waals surface area (Å²) < 4.78 is 5.81. The van der Waals surface area contributed by atoms with Crippen molar-refractivity contribution in [1.82, 2.24) is 10.8 Å². The molecule has 25 heavy (non-hydrogen) atoms. The number of hydrogen-bond acceptors (Lipinski definition) is 4. The number of hydrogen-bond donors (Lipinski definition) is 3. The maximum Gasteiger partial charge on any atom is 0.251 e. The SMILES string of the molecule is O=C(CCCNC(=O)c1ccc(-c2cc3ccccc3o2)cc1)NO. The van der Waals surface area contributed by atoms with E-state index >= 15 is 0 Å². The van der Waals surface area contributed by atoms with Crippen LogP contribution < -0.4 is 10.8 Å². The van der Waals surface area contributed by atoms with E-state index in [4.69, 9.17) is 9.62 Å². The highest BCUT2D eigenvalue weighted by Crippen LogP contribution is 2.27. The number of nitrogens with one attached hydrogen (secondary N) is 2. The summed E-state index contributed by atoms with van der Waals surface area (Å²) in [5.74, 6) is 0.0770.